The number of para-hydroxylation sites is 2. The van der Waals surface area contributed by atoms with Gasteiger partial charge in [-0.3, -0.25) is 10.1 Å². The van der Waals surface area contributed by atoms with Gasteiger partial charge < -0.3 is 10.2 Å². The summed E-state index contributed by atoms with van der Waals surface area (Å²) in [5.74, 6) is -0.255. The van der Waals surface area contributed by atoms with Crippen molar-refractivity contribution < 1.29 is 15.1 Å². The van der Waals surface area contributed by atoms with Crippen LogP contribution in [0, 0.1) is 10.1 Å². The van der Waals surface area contributed by atoms with Crippen LogP contribution in [0.3, 0.4) is 0 Å². The van der Waals surface area contributed by atoms with Crippen molar-refractivity contribution in [1.29, 1.82) is 0 Å². The summed E-state index contributed by atoms with van der Waals surface area (Å²) < 4.78 is 0. The number of nitro benzene ring substituents is 1. The Balaban J connectivity index is 2.39. The largest absolute Gasteiger partial charge is 0.508 e. The van der Waals surface area contributed by atoms with E-state index in [9.17, 15) is 20.3 Å². The molecule has 2 N–H and O–H groups in total. The third-order valence-corrected chi connectivity index (χ3v) is 2.67. The molecule has 0 saturated carbocycles. The molecule has 92 valence electrons. The first kappa shape index (κ1) is 11.9. The Morgan fingerprint density at radius 2 is 1.67 bits per heavy atom. The van der Waals surface area contributed by atoms with E-state index in [4.69, 9.17) is 0 Å². The Morgan fingerprint density at radius 3 is 2.33 bits per heavy atom. The Hall–Kier alpha value is -2.56. The summed E-state index contributed by atoms with van der Waals surface area (Å²) in [6.45, 7) is 0. The topological polar surface area (TPSA) is 83.6 Å². The molecule has 5 nitrogen and oxygen atoms in total. The molecule has 0 amide bonds. The maximum Gasteiger partial charge on any atom is 0.310 e. The Kier molecular flexibility index (Phi) is 3.14. The van der Waals surface area contributed by atoms with Gasteiger partial charge in [-0.25, -0.2) is 0 Å². The summed E-state index contributed by atoms with van der Waals surface area (Å²) in [5, 5.41) is 30.1. The molecule has 2 aromatic rings. The van der Waals surface area contributed by atoms with Gasteiger partial charge in [0.2, 0.25) is 0 Å². The quantitative estimate of drug-likeness (QED) is 0.643. The Bertz CT molecular complexity index is 595. The van der Waals surface area contributed by atoms with Crippen molar-refractivity contribution in [2.45, 2.75) is 6.42 Å². The Labute approximate surface area is 103 Å². The van der Waals surface area contributed by atoms with Gasteiger partial charge in [0.15, 0.2) is 5.75 Å². The molecule has 0 heterocycles. The SMILES string of the molecule is O=[N+]([O-])c1cccc(Cc2ccccc2O)c1O. The number of nitro groups is 1. The molecule has 0 atom stereocenters. The van der Waals surface area contributed by atoms with Crippen LogP contribution in [-0.4, -0.2) is 15.1 Å². The van der Waals surface area contributed by atoms with Gasteiger partial charge in [0.1, 0.15) is 5.75 Å². The zero-order valence-corrected chi connectivity index (χ0v) is 9.41. The lowest BCUT2D eigenvalue weighted by atomic mass is 10.0. The molecule has 0 spiro atoms. The van der Waals surface area contributed by atoms with Crippen LogP contribution in [0.15, 0.2) is 42.5 Å². The molecule has 0 radical (unpaired) electrons. The lowest BCUT2D eigenvalue weighted by Gasteiger charge is -2.06. The maximum atomic E-state index is 10.7. The van der Waals surface area contributed by atoms with E-state index in [-0.39, 0.29) is 23.6 Å². The van der Waals surface area contributed by atoms with E-state index < -0.39 is 4.92 Å². The zero-order valence-electron chi connectivity index (χ0n) is 9.41. The Morgan fingerprint density at radius 1 is 1.00 bits per heavy atom. The normalized spacial score (nSPS) is 10.2. The number of nitrogens with zero attached hydrogens (tertiary/aromatic N) is 1. The van der Waals surface area contributed by atoms with Gasteiger partial charge in [0.25, 0.3) is 0 Å². The van der Waals surface area contributed by atoms with Crippen LogP contribution in [0.2, 0.25) is 0 Å². The van der Waals surface area contributed by atoms with Crippen molar-refractivity contribution in [2.75, 3.05) is 0 Å². The number of phenolic OH excluding ortho intramolecular Hbond substituents is 2. The lowest BCUT2D eigenvalue weighted by Crippen LogP contribution is -1.94. The molecule has 0 unspecified atom stereocenters. The summed E-state index contributed by atoms with van der Waals surface area (Å²) >= 11 is 0. The van der Waals surface area contributed by atoms with E-state index >= 15 is 0 Å². The van der Waals surface area contributed by atoms with E-state index in [1.807, 2.05) is 0 Å². The lowest BCUT2D eigenvalue weighted by molar-refractivity contribution is -0.385. The minimum atomic E-state index is -0.635. The van der Waals surface area contributed by atoms with Crippen LogP contribution in [0.1, 0.15) is 11.1 Å². The van der Waals surface area contributed by atoms with E-state index in [0.29, 0.717) is 11.1 Å². The average Bonchev–Trinajstić information content (AvgIpc) is 2.34. The molecule has 0 aliphatic heterocycles. The molecule has 0 fully saturated rings. The third-order valence-electron chi connectivity index (χ3n) is 2.67. The molecule has 2 rings (SSSR count). The molecule has 0 aromatic heterocycles. The van der Waals surface area contributed by atoms with Crippen LogP contribution >= 0.6 is 0 Å². The van der Waals surface area contributed by atoms with Gasteiger partial charge in [0, 0.05) is 18.1 Å². The number of phenols is 2. The van der Waals surface area contributed by atoms with Crippen LogP contribution < -0.4 is 0 Å². The minimum Gasteiger partial charge on any atom is -0.508 e. The molecular formula is C13H11NO4. The second-order valence-electron chi connectivity index (χ2n) is 3.85. The second-order valence-corrected chi connectivity index (χ2v) is 3.85. The molecule has 0 bridgehead atoms. The second kappa shape index (κ2) is 4.75. The number of aromatic hydroxyl groups is 2. The van der Waals surface area contributed by atoms with Gasteiger partial charge >= 0.3 is 5.69 Å². The highest BCUT2D eigenvalue weighted by atomic mass is 16.6. The fraction of sp³-hybridized carbons (Fsp3) is 0.0769. The smallest absolute Gasteiger partial charge is 0.310 e. The zero-order chi connectivity index (χ0) is 13.1. The third kappa shape index (κ3) is 2.24. The molecular weight excluding hydrogens is 234 g/mol. The van der Waals surface area contributed by atoms with Crippen LogP contribution in [0.4, 0.5) is 5.69 Å². The number of benzene rings is 2. The maximum absolute atomic E-state index is 10.7. The average molecular weight is 245 g/mol. The predicted molar refractivity (Wildman–Crippen MR) is 65.7 cm³/mol. The van der Waals surface area contributed by atoms with Gasteiger partial charge in [0.05, 0.1) is 4.92 Å². The van der Waals surface area contributed by atoms with Crippen LogP contribution in [-0.2, 0) is 6.42 Å². The van der Waals surface area contributed by atoms with Gasteiger partial charge in [-0.2, -0.15) is 0 Å². The highest BCUT2D eigenvalue weighted by Crippen LogP contribution is 2.32. The first-order valence-electron chi connectivity index (χ1n) is 5.31. The molecule has 18 heavy (non-hydrogen) atoms. The van der Waals surface area contributed by atoms with Crippen LogP contribution in [0.5, 0.6) is 11.5 Å². The standard InChI is InChI=1S/C13H11NO4/c15-12-7-2-1-4-9(12)8-10-5-3-6-11(13(10)16)14(17)18/h1-7,15-16H,8H2. The van der Waals surface area contributed by atoms with Gasteiger partial charge in [-0.15, -0.1) is 0 Å². The minimum absolute atomic E-state index is 0.100. The summed E-state index contributed by atoms with van der Waals surface area (Å²) in [7, 11) is 0. The number of hydrogen-bond donors (Lipinski definition) is 2. The number of hydrogen-bond acceptors (Lipinski definition) is 4. The molecule has 5 heteroatoms. The summed E-state index contributed by atoms with van der Waals surface area (Å²) in [5.41, 5.74) is 0.682. The monoisotopic (exact) mass is 245 g/mol. The van der Waals surface area contributed by atoms with Crippen molar-refractivity contribution in [3.63, 3.8) is 0 Å². The van der Waals surface area contributed by atoms with Crippen molar-refractivity contribution in [3.05, 3.63) is 63.7 Å². The highest BCUT2D eigenvalue weighted by Gasteiger charge is 2.16. The fourth-order valence-corrected chi connectivity index (χ4v) is 1.73. The van der Waals surface area contributed by atoms with Crippen molar-refractivity contribution in [3.8, 4) is 11.5 Å². The molecule has 0 saturated heterocycles. The molecule has 2 aromatic carbocycles. The first-order valence-corrected chi connectivity index (χ1v) is 5.31. The fourth-order valence-electron chi connectivity index (χ4n) is 1.73. The van der Waals surface area contributed by atoms with Crippen molar-refractivity contribution in [2.24, 2.45) is 0 Å². The van der Waals surface area contributed by atoms with E-state index in [0.717, 1.165) is 0 Å². The van der Waals surface area contributed by atoms with Crippen molar-refractivity contribution in [1.82, 2.24) is 0 Å². The van der Waals surface area contributed by atoms with E-state index in [2.05, 4.69) is 0 Å². The van der Waals surface area contributed by atoms with E-state index in [1.54, 1.807) is 24.3 Å². The predicted octanol–water partition coefficient (Wildman–Crippen LogP) is 2.60. The van der Waals surface area contributed by atoms with Crippen molar-refractivity contribution >= 4 is 5.69 Å². The number of rotatable bonds is 3. The first-order chi connectivity index (χ1) is 8.59. The van der Waals surface area contributed by atoms with Gasteiger partial charge in [-0.05, 0) is 11.6 Å². The molecule has 0 aliphatic carbocycles. The summed E-state index contributed by atoms with van der Waals surface area (Å²) in [6, 6.07) is 11.0. The highest BCUT2D eigenvalue weighted by molar-refractivity contribution is 5.52. The molecule has 0 aliphatic rings. The van der Waals surface area contributed by atoms with Crippen LogP contribution in [0.25, 0.3) is 0 Å². The summed E-state index contributed by atoms with van der Waals surface area (Å²) in [4.78, 5) is 10.1. The van der Waals surface area contributed by atoms with Gasteiger partial charge in [-0.1, -0.05) is 30.3 Å². The van der Waals surface area contributed by atoms with E-state index in [1.165, 1.54) is 18.2 Å². The summed E-state index contributed by atoms with van der Waals surface area (Å²) in [6.07, 6.45) is 0.236.